The summed E-state index contributed by atoms with van der Waals surface area (Å²) in [6, 6.07) is -0.0224. The van der Waals surface area contributed by atoms with Gasteiger partial charge in [-0.25, -0.2) is 0 Å². The fraction of sp³-hybridized carbons (Fsp3) is 0.867. The summed E-state index contributed by atoms with van der Waals surface area (Å²) in [5, 5.41) is 2.91. The number of hydrogen-bond acceptors (Lipinski definition) is 2. The van der Waals surface area contributed by atoms with Crippen LogP contribution in [0.25, 0.3) is 0 Å². The van der Waals surface area contributed by atoms with Gasteiger partial charge in [-0.15, -0.1) is 0 Å². The lowest BCUT2D eigenvalue weighted by Gasteiger charge is -2.31. The SMILES string of the molecule is CCC(C)CC(C)N1CCC(=O)NC(C2CC2)C1=O. The van der Waals surface area contributed by atoms with Crippen LogP contribution in [0.1, 0.15) is 52.9 Å². The highest BCUT2D eigenvalue weighted by molar-refractivity contribution is 5.90. The van der Waals surface area contributed by atoms with E-state index in [1.54, 1.807) is 0 Å². The van der Waals surface area contributed by atoms with Crippen LogP contribution in [0.3, 0.4) is 0 Å². The van der Waals surface area contributed by atoms with Crippen LogP contribution in [-0.4, -0.2) is 35.3 Å². The lowest BCUT2D eigenvalue weighted by molar-refractivity contribution is -0.136. The van der Waals surface area contributed by atoms with Gasteiger partial charge in [0.25, 0.3) is 0 Å². The van der Waals surface area contributed by atoms with Gasteiger partial charge in [-0.1, -0.05) is 20.3 Å². The van der Waals surface area contributed by atoms with Crippen molar-refractivity contribution in [1.29, 1.82) is 0 Å². The Balaban J connectivity index is 2.04. The van der Waals surface area contributed by atoms with Crippen molar-refractivity contribution < 1.29 is 9.59 Å². The van der Waals surface area contributed by atoms with E-state index < -0.39 is 0 Å². The maximum atomic E-state index is 12.6. The van der Waals surface area contributed by atoms with Crippen LogP contribution in [0.4, 0.5) is 0 Å². The molecule has 2 rings (SSSR count). The monoisotopic (exact) mass is 266 g/mol. The van der Waals surface area contributed by atoms with Gasteiger partial charge >= 0.3 is 0 Å². The molecule has 1 N–H and O–H groups in total. The third-order valence-corrected chi connectivity index (χ3v) is 4.51. The Morgan fingerprint density at radius 2 is 2.00 bits per heavy atom. The number of nitrogens with zero attached hydrogens (tertiary/aromatic N) is 1. The van der Waals surface area contributed by atoms with E-state index in [1.807, 2.05) is 4.90 Å². The third kappa shape index (κ3) is 3.48. The molecule has 0 spiro atoms. The van der Waals surface area contributed by atoms with Gasteiger partial charge in [0.15, 0.2) is 0 Å². The Bertz CT molecular complexity index is 352. The van der Waals surface area contributed by atoms with Gasteiger partial charge in [0.05, 0.1) is 0 Å². The molecule has 1 saturated carbocycles. The second-order valence-corrected chi connectivity index (χ2v) is 6.26. The highest BCUT2D eigenvalue weighted by Gasteiger charge is 2.41. The number of hydrogen-bond donors (Lipinski definition) is 1. The molecule has 1 heterocycles. The summed E-state index contributed by atoms with van der Waals surface area (Å²) in [7, 11) is 0. The molecule has 3 atom stereocenters. The molecule has 0 bridgehead atoms. The molecule has 0 radical (unpaired) electrons. The van der Waals surface area contributed by atoms with E-state index in [0.717, 1.165) is 25.7 Å². The van der Waals surface area contributed by atoms with Gasteiger partial charge in [-0.3, -0.25) is 9.59 Å². The molecule has 2 aliphatic rings. The Morgan fingerprint density at radius 3 is 2.58 bits per heavy atom. The van der Waals surface area contributed by atoms with Crippen LogP contribution in [-0.2, 0) is 9.59 Å². The second kappa shape index (κ2) is 5.93. The Labute approximate surface area is 115 Å². The lowest BCUT2D eigenvalue weighted by atomic mass is 9.98. The van der Waals surface area contributed by atoms with Crippen LogP contribution in [0.5, 0.6) is 0 Å². The van der Waals surface area contributed by atoms with Crippen molar-refractivity contribution in [1.82, 2.24) is 10.2 Å². The standard InChI is InChI=1S/C15H26N2O2/c1-4-10(2)9-11(3)17-8-7-13(18)16-14(15(17)19)12-5-6-12/h10-12,14H,4-9H2,1-3H3,(H,16,18). The molecular formula is C15H26N2O2. The number of rotatable bonds is 5. The van der Waals surface area contributed by atoms with Crippen molar-refractivity contribution in [2.24, 2.45) is 11.8 Å². The lowest BCUT2D eigenvalue weighted by Crippen LogP contribution is -2.49. The van der Waals surface area contributed by atoms with Crippen molar-refractivity contribution in [3.05, 3.63) is 0 Å². The summed E-state index contributed by atoms with van der Waals surface area (Å²) < 4.78 is 0. The molecule has 4 nitrogen and oxygen atoms in total. The largest absolute Gasteiger partial charge is 0.344 e. The first-order chi connectivity index (χ1) is 9.02. The molecule has 2 fully saturated rings. The molecule has 1 saturated heterocycles. The molecule has 1 aliphatic heterocycles. The van der Waals surface area contributed by atoms with Crippen molar-refractivity contribution >= 4 is 11.8 Å². The first-order valence-electron chi connectivity index (χ1n) is 7.62. The van der Waals surface area contributed by atoms with Gasteiger partial charge < -0.3 is 10.2 Å². The highest BCUT2D eigenvalue weighted by atomic mass is 16.2. The van der Waals surface area contributed by atoms with Gasteiger partial charge in [-0.05, 0) is 38.0 Å². The maximum Gasteiger partial charge on any atom is 0.245 e. The van der Waals surface area contributed by atoms with Crippen LogP contribution < -0.4 is 5.32 Å². The zero-order valence-electron chi connectivity index (χ0n) is 12.3. The predicted molar refractivity (Wildman–Crippen MR) is 74.5 cm³/mol. The van der Waals surface area contributed by atoms with E-state index in [1.165, 1.54) is 0 Å². The average Bonchev–Trinajstić information content (AvgIpc) is 3.19. The first kappa shape index (κ1) is 14.4. The zero-order valence-corrected chi connectivity index (χ0v) is 12.3. The minimum Gasteiger partial charge on any atom is -0.344 e. The van der Waals surface area contributed by atoms with E-state index in [4.69, 9.17) is 0 Å². The Morgan fingerprint density at radius 1 is 1.32 bits per heavy atom. The van der Waals surface area contributed by atoms with Crippen LogP contribution >= 0.6 is 0 Å². The fourth-order valence-corrected chi connectivity index (χ4v) is 2.88. The van der Waals surface area contributed by atoms with Gasteiger partial charge in [0, 0.05) is 19.0 Å². The van der Waals surface area contributed by atoms with E-state index in [9.17, 15) is 9.59 Å². The summed E-state index contributed by atoms with van der Waals surface area (Å²) >= 11 is 0. The maximum absolute atomic E-state index is 12.6. The Kier molecular flexibility index (Phi) is 4.48. The number of carbonyl (C=O) groups is 2. The average molecular weight is 266 g/mol. The number of carbonyl (C=O) groups excluding carboxylic acids is 2. The van der Waals surface area contributed by atoms with Crippen molar-refractivity contribution in [2.75, 3.05) is 6.54 Å². The summed E-state index contributed by atoms with van der Waals surface area (Å²) in [6.07, 6.45) is 4.75. The summed E-state index contributed by atoms with van der Waals surface area (Å²) in [4.78, 5) is 26.3. The van der Waals surface area contributed by atoms with Crippen molar-refractivity contribution in [3.63, 3.8) is 0 Å². The van der Waals surface area contributed by atoms with Crippen molar-refractivity contribution in [3.8, 4) is 0 Å². The van der Waals surface area contributed by atoms with Gasteiger partial charge in [-0.2, -0.15) is 0 Å². The van der Waals surface area contributed by atoms with Gasteiger partial charge in [0.2, 0.25) is 11.8 Å². The molecule has 19 heavy (non-hydrogen) atoms. The summed E-state index contributed by atoms with van der Waals surface area (Å²) in [6.45, 7) is 7.09. The smallest absolute Gasteiger partial charge is 0.245 e. The van der Waals surface area contributed by atoms with E-state index in [-0.39, 0.29) is 23.9 Å². The minimum absolute atomic E-state index is 0.0310. The zero-order chi connectivity index (χ0) is 14.0. The van der Waals surface area contributed by atoms with E-state index in [0.29, 0.717) is 24.8 Å². The van der Waals surface area contributed by atoms with Gasteiger partial charge in [0.1, 0.15) is 6.04 Å². The molecule has 0 aromatic heterocycles. The fourth-order valence-electron chi connectivity index (χ4n) is 2.88. The molecule has 1 aliphatic carbocycles. The Hall–Kier alpha value is -1.06. The topological polar surface area (TPSA) is 49.4 Å². The van der Waals surface area contributed by atoms with Crippen molar-refractivity contribution in [2.45, 2.75) is 65.0 Å². The predicted octanol–water partition coefficient (Wildman–Crippen LogP) is 1.94. The molecule has 4 heteroatoms. The second-order valence-electron chi connectivity index (χ2n) is 6.26. The summed E-state index contributed by atoms with van der Waals surface area (Å²) in [5.74, 6) is 1.18. The molecule has 0 aromatic rings. The van der Waals surface area contributed by atoms with Crippen LogP contribution in [0.2, 0.25) is 0 Å². The molecule has 0 aromatic carbocycles. The normalized spacial score (nSPS) is 27.7. The number of nitrogens with one attached hydrogen (secondary N) is 1. The van der Waals surface area contributed by atoms with Crippen LogP contribution in [0, 0.1) is 11.8 Å². The molecular weight excluding hydrogens is 240 g/mol. The molecule has 108 valence electrons. The highest BCUT2D eigenvalue weighted by Crippen LogP contribution is 2.34. The van der Waals surface area contributed by atoms with E-state index >= 15 is 0 Å². The first-order valence-corrected chi connectivity index (χ1v) is 7.62. The van der Waals surface area contributed by atoms with E-state index in [2.05, 4.69) is 26.1 Å². The quantitative estimate of drug-likeness (QED) is 0.826. The number of amides is 2. The van der Waals surface area contributed by atoms with Crippen LogP contribution in [0.15, 0.2) is 0 Å². The minimum atomic E-state index is -0.255. The summed E-state index contributed by atoms with van der Waals surface area (Å²) in [5.41, 5.74) is 0. The molecule has 2 amide bonds. The third-order valence-electron chi connectivity index (χ3n) is 4.51. The molecule has 3 unspecified atom stereocenters.